The maximum absolute atomic E-state index is 5.62. The van der Waals surface area contributed by atoms with E-state index in [1.54, 1.807) is 0 Å². The Kier molecular flexibility index (Phi) is 2.89. The van der Waals surface area contributed by atoms with Gasteiger partial charge in [0.15, 0.2) is 0 Å². The molecule has 1 aliphatic heterocycles. The maximum Gasteiger partial charge on any atom is 0.0987 e. The van der Waals surface area contributed by atoms with Crippen LogP contribution in [-0.4, -0.2) is 30.5 Å². The summed E-state index contributed by atoms with van der Waals surface area (Å²) >= 11 is 0. The molecule has 14 heavy (non-hydrogen) atoms. The fraction of sp³-hybridized carbons (Fsp3) is 0.636. The lowest BCUT2D eigenvalue weighted by Gasteiger charge is -2.24. The lowest BCUT2D eigenvalue weighted by Crippen LogP contribution is -2.32. The molecule has 1 fully saturated rings. The highest BCUT2D eigenvalue weighted by atomic mass is 16.6. The molecule has 1 unspecified atom stereocenters. The summed E-state index contributed by atoms with van der Waals surface area (Å²) in [6, 6.07) is 4.28. The zero-order chi connectivity index (χ0) is 9.97. The number of ether oxygens (including phenoxy) is 2. The van der Waals surface area contributed by atoms with E-state index in [1.165, 1.54) is 11.4 Å². The van der Waals surface area contributed by atoms with E-state index in [4.69, 9.17) is 9.47 Å². The van der Waals surface area contributed by atoms with Crippen LogP contribution in [0.4, 0.5) is 0 Å². The standard InChI is InChI=1S/C11H17NO2/c1-9-3-4-10(2)12(9)7-11-8-13-5-6-14-11/h3-4,11H,5-8H2,1-2H3. The van der Waals surface area contributed by atoms with Crippen molar-refractivity contribution in [1.82, 2.24) is 4.57 Å². The molecule has 2 rings (SSSR count). The molecule has 0 amide bonds. The summed E-state index contributed by atoms with van der Waals surface area (Å²) in [5, 5.41) is 0. The Morgan fingerprint density at radius 2 is 2.00 bits per heavy atom. The van der Waals surface area contributed by atoms with E-state index in [-0.39, 0.29) is 6.10 Å². The van der Waals surface area contributed by atoms with Crippen molar-refractivity contribution in [2.75, 3.05) is 19.8 Å². The molecule has 0 spiro atoms. The first-order valence-electron chi connectivity index (χ1n) is 5.09. The van der Waals surface area contributed by atoms with Crippen molar-refractivity contribution in [3.8, 4) is 0 Å². The molecular weight excluding hydrogens is 178 g/mol. The average Bonchev–Trinajstić information content (AvgIpc) is 2.51. The number of hydrogen-bond donors (Lipinski definition) is 0. The largest absolute Gasteiger partial charge is 0.376 e. The van der Waals surface area contributed by atoms with Crippen LogP contribution in [0.1, 0.15) is 11.4 Å². The molecule has 1 aliphatic rings. The van der Waals surface area contributed by atoms with Crippen LogP contribution in [0.25, 0.3) is 0 Å². The third-order valence-electron chi connectivity index (χ3n) is 2.69. The van der Waals surface area contributed by atoms with Gasteiger partial charge in [0.2, 0.25) is 0 Å². The predicted octanol–water partition coefficient (Wildman–Crippen LogP) is 1.52. The molecule has 1 aromatic rings. The normalized spacial score (nSPS) is 22.6. The molecule has 3 nitrogen and oxygen atoms in total. The summed E-state index contributed by atoms with van der Waals surface area (Å²) in [5.74, 6) is 0. The minimum absolute atomic E-state index is 0.216. The molecule has 0 saturated carbocycles. The molecular formula is C11H17NO2. The van der Waals surface area contributed by atoms with E-state index in [9.17, 15) is 0 Å². The Bertz CT molecular complexity index is 281. The second-order valence-corrected chi connectivity index (χ2v) is 3.79. The summed E-state index contributed by atoms with van der Waals surface area (Å²) in [5.41, 5.74) is 2.58. The summed E-state index contributed by atoms with van der Waals surface area (Å²) in [4.78, 5) is 0. The Balaban J connectivity index is 2.02. The Morgan fingerprint density at radius 1 is 1.29 bits per heavy atom. The van der Waals surface area contributed by atoms with E-state index < -0.39 is 0 Å². The highest BCUT2D eigenvalue weighted by Crippen LogP contribution is 2.11. The van der Waals surface area contributed by atoms with Crippen LogP contribution in [-0.2, 0) is 16.0 Å². The number of aryl methyl sites for hydroxylation is 2. The molecule has 78 valence electrons. The zero-order valence-electron chi connectivity index (χ0n) is 8.82. The Morgan fingerprint density at radius 3 is 2.57 bits per heavy atom. The number of aromatic nitrogens is 1. The van der Waals surface area contributed by atoms with Crippen molar-refractivity contribution in [2.24, 2.45) is 0 Å². The maximum atomic E-state index is 5.62. The molecule has 0 bridgehead atoms. The highest BCUT2D eigenvalue weighted by molar-refractivity contribution is 5.13. The molecule has 2 heterocycles. The topological polar surface area (TPSA) is 23.4 Å². The number of rotatable bonds is 2. The second-order valence-electron chi connectivity index (χ2n) is 3.79. The van der Waals surface area contributed by atoms with Gasteiger partial charge in [-0.05, 0) is 26.0 Å². The number of hydrogen-bond acceptors (Lipinski definition) is 2. The van der Waals surface area contributed by atoms with Crippen LogP contribution in [0.15, 0.2) is 12.1 Å². The van der Waals surface area contributed by atoms with Crippen LogP contribution < -0.4 is 0 Å². The molecule has 0 N–H and O–H groups in total. The minimum Gasteiger partial charge on any atom is -0.376 e. The first-order chi connectivity index (χ1) is 6.77. The summed E-state index contributed by atoms with van der Waals surface area (Å²) in [6.45, 7) is 7.33. The highest BCUT2D eigenvalue weighted by Gasteiger charge is 2.15. The van der Waals surface area contributed by atoms with Crippen LogP contribution in [0.5, 0.6) is 0 Å². The first-order valence-corrected chi connectivity index (χ1v) is 5.09. The Labute approximate surface area is 84.6 Å². The summed E-state index contributed by atoms with van der Waals surface area (Å²) in [7, 11) is 0. The van der Waals surface area contributed by atoms with E-state index >= 15 is 0 Å². The molecule has 1 saturated heterocycles. The van der Waals surface area contributed by atoms with Gasteiger partial charge in [0.05, 0.1) is 32.5 Å². The van der Waals surface area contributed by atoms with Crippen molar-refractivity contribution >= 4 is 0 Å². The summed E-state index contributed by atoms with van der Waals surface area (Å²) in [6.07, 6.45) is 0.216. The third kappa shape index (κ3) is 1.99. The van der Waals surface area contributed by atoms with E-state index in [1.807, 2.05) is 0 Å². The molecule has 1 atom stereocenters. The van der Waals surface area contributed by atoms with Gasteiger partial charge in [-0.3, -0.25) is 0 Å². The molecule has 1 aromatic heterocycles. The van der Waals surface area contributed by atoms with E-state index in [0.717, 1.165) is 26.4 Å². The number of nitrogens with zero attached hydrogens (tertiary/aromatic N) is 1. The van der Waals surface area contributed by atoms with E-state index in [2.05, 4.69) is 30.5 Å². The molecule has 0 aliphatic carbocycles. The average molecular weight is 195 g/mol. The molecule has 0 radical (unpaired) electrons. The van der Waals surface area contributed by atoms with Gasteiger partial charge in [0.25, 0.3) is 0 Å². The van der Waals surface area contributed by atoms with E-state index in [0.29, 0.717) is 0 Å². The fourth-order valence-electron chi connectivity index (χ4n) is 1.83. The SMILES string of the molecule is Cc1ccc(C)n1CC1COCCO1. The van der Waals surface area contributed by atoms with Crippen molar-refractivity contribution in [3.05, 3.63) is 23.5 Å². The van der Waals surface area contributed by atoms with Gasteiger partial charge in [-0.1, -0.05) is 0 Å². The zero-order valence-corrected chi connectivity index (χ0v) is 8.82. The monoisotopic (exact) mass is 195 g/mol. The lowest BCUT2D eigenvalue weighted by atomic mass is 10.3. The van der Waals surface area contributed by atoms with Crippen molar-refractivity contribution in [1.29, 1.82) is 0 Å². The van der Waals surface area contributed by atoms with Gasteiger partial charge in [0, 0.05) is 11.4 Å². The Hall–Kier alpha value is -0.800. The molecule has 0 aromatic carbocycles. The van der Waals surface area contributed by atoms with Crippen molar-refractivity contribution in [2.45, 2.75) is 26.5 Å². The van der Waals surface area contributed by atoms with Crippen LogP contribution in [0.2, 0.25) is 0 Å². The van der Waals surface area contributed by atoms with Gasteiger partial charge in [-0.2, -0.15) is 0 Å². The molecule has 3 heteroatoms. The fourth-order valence-corrected chi connectivity index (χ4v) is 1.83. The minimum atomic E-state index is 0.216. The second kappa shape index (κ2) is 4.15. The predicted molar refractivity (Wildman–Crippen MR) is 54.5 cm³/mol. The van der Waals surface area contributed by atoms with Gasteiger partial charge in [-0.25, -0.2) is 0 Å². The summed E-state index contributed by atoms with van der Waals surface area (Å²) < 4.78 is 13.3. The van der Waals surface area contributed by atoms with Crippen molar-refractivity contribution < 1.29 is 9.47 Å². The van der Waals surface area contributed by atoms with Crippen LogP contribution >= 0.6 is 0 Å². The van der Waals surface area contributed by atoms with Gasteiger partial charge < -0.3 is 14.0 Å². The van der Waals surface area contributed by atoms with Crippen molar-refractivity contribution in [3.63, 3.8) is 0 Å². The third-order valence-corrected chi connectivity index (χ3v) is 2.69. The first kappa shape index (κ1) is 9.74. The van der Waals surface area contributed by atoms with Gasteiger partial charge in [0.1, 0.15) is 0 Å². The van der Waals surface area contributed by atoms with Crippen LogP contribution in [0.3, 0.4) is 0 Å². The lowest BCUT2D eigenvalue weighted by molar-refractivity contribution is -0.0938. The smallest absolute Gasteiger partial charge is 0.0987 e. The van der Waals surface area contributed by atoms with Crippen LogP contribution in [0, 0.1) is 13.8 Å². The quantitative estimate of drug-likeness (QED) is 0.714. The van der Waals surface area contributed by atoms with Gasteiger partial charge in [-0.15, -0.1) is 0 Å². The van der Waals surface area contributed by atoms with Gasteiger partial charge >= 0.3 is 0 Å².